The van der Waals surface area contributed by atoms with Crippen LogP contribution in [0.15, 0.2) is 21.9 Å². The second kappa shape index (κ2) is 5.10. The minimum absolute atomic E-state index is 0.131. The summed E-state index contributed by atoms with van der Waals surface area (Å²) in [5.41, 5.74) is -1.48. The fourth-order valence-corrected chi connectivity index (χ4v) is 2.29. The summed E-state index contributed by atoms with van der Waals surface area (Å²) < 4.78 is 5.53. The van der Waals surface area contributed by atoms with Crippen molar-refractivity contribution in [2.45, 2.75) is 32.7 Å². The van der Waals surface area contributed by atoms with Gasteiger partial charge in [-0.1, -0.05) is 6.92 Å². The Kier molecular flexibility index (Phi) is 3.75. The highest BCUT2D eigenvalue weighted by Crippen LogP contribution is 2.14. The van der Waals surface area contributed by atoms with E-state index in [9.17, 15) is 9.59 Å². The fourth-order valence-electron chi connectivity index (χ4n) is 2.04. The molecular weight excluding hydrogens is 290 g/mol. The zero-order chi connectivity index (χ0) is 15.9. The summed E-state index contributed by atoms with van der Waals surface area (Å²) in [5.74, 6) is 0.406. The number of hydrogen-bond acceptors (Lipinski definition) is 4. The van der Waals surface area contributed by atoms with Crippen LogP contribution in [0.4, 0.5) is 0 Å². The van der Waals surface area contributed by atoms with Gasteiger partial charge in [0.1, 0.15) is 0 Å². The molecular formula is C13H19N5O2S. The summed E-state index contributed by atoms with van der Waals surface area (Å²) in [5, 5.41) is 4.21. The number of aryl methyl sites for hydroxylation is 1. The molecule has 0 aromatic carbocycles. The maximum absolute atomic E-state index is 12.8. The van der Waals surface area contributed by atoms with Crippen molar-refractivity contribution in [3.63, 3.8) is 0 Å². The van der Waals surface area contributed by atoms with Crippen LogP contribution < -0.4 is 11.4 Å². The molecule has 8 heteroatoms. The first-order valence-electron chi connectivity index (χ1n) is 6.66. The average molecular weight is 309 g/mol. The van der Waals surface area contributed by atoms with E-state index in [0.29, 0.717) is 12.2 Å². The third-order valence-corrected chi connectivity index (χ3v) is 4.19. The van der Waals surface area contributed by atoms with Gasteiger partial charge in [0, 0.05) is 31.9 Å². The third kappa shape index (κ3) is 2.39. The standard InChI is InChI=1S/C13H19N5O2S/c1-6-13(2,3)18-10(19)16(5)12(21)17(11(18)20)9-7-8-15(4)14-9/h7-8H,6H2,1-5H3. The molecule has 2 aromatic heterocycles. The molecule has 0 atom stereocenters. The molecule has 21 heavy (non-hydrogen) atoms. The zero-order valence-corrected chi connectivity index (χ0v) is 13.6. The molecule has 0 aliphatic rings. The van der Waals surface area contributed by atoms with E-state index in [1.54, 1.807) is 31.0 Å². The summed E-state index contributed by atoms with van der Waals surface area (Å²) >= 11 is 5.24. The molecule has 0 amide bonds. The van der Waals surface area contributed by atoms with E-state index >= 15 is 0 Å². The lowest BCUT2D eigenvalue weighted by atomic mass is 10.0. The van der Waals surface area contributed by atoms with Gasteiger partial charge in [0.15, 0.2) is 10.6 Å². The maximum Gasteiger partial charge on any atom is 0.340 e. The molecule has 2 rings (SSSR count). The van der Waals surface area contributed by atoms with Gasteiger partial charge >= 0.3 is 11.4 Å². The lowest BCUT2D eigenvalue weighted by Crippen LogP contribution is -2.52. The van der Waals surface area contributed by atoms with Crippen molar-refractivity contribution in [2.75, 3.05) is 0 Å². The molecule has 0 spiro atoms. The van der Waals surface area contributed by atoms with Gasteiger partial charge in [-0.2, -0.15) is 5.10 Å². The summed E-state index contributed by atoms with van der Waals surface area (Å²) in [7, 11) is 3.31. The highest BCUT2D eigenvalue weighted by molar-refractivity contribution is 7.71. The number of nitrogens with zero attached hydrogens (tertiary/aromatic N) is 5. The molecule has 7 nitrogen and oxygen atoms in total. The Bertz CT molecular complexity index is 853. The maximum atomic E-state index is 12.8. The van der Waals surface area contributed by atoms with Gasteiger partial charge in [0.2, 0.25) is 0 Å². The van der Waals surface area contributed by atoms with E-state index in [0.717, 1.165) is 0 Å². The van der Waals surface area contributed by atoms with Crippen molar-refractivity contribution in [1.82, 2.24) is 23.5 Å². The van der Waals surface area contributed by atoms with E-state index in [-0.39, 0.29) is 4.77 Å². The van der Waals surface area contributed by atoms with Crippen LogP contribution in [0.1, 0.15) is 27.2 Å². The molecule has 0 saturated heterocycles. The van der Waals surface area contributed by atoms with Crippen LogP contribution in [0.3, 0.4) is 0 Å². The van der Waals surface area contributed by atoms with Crippen molar-refractivity contribution >= 4 is 12.2 Å². The van der Waals surface area contributed by atoms with Gasteiger partial charge in [-0.25, -0.2) is 18.7 Å². The predicted molar refractivity (Wildman–Crippen MR) is 82.5 cm³/mol. The Morgan fingerprint density at radius 3 is 2.33 bits per heavy atom. The Labute approximate surface area is 127 Å². The summed E-state index contributed by atoms with van der Waals surface area (Å²) in [6.45, 7) is 5.63. The first kappa shape index (κ1) is 15.4. The normalized spacial score (nSPS) is 11.9. The van der Waals surface area contributed by atoms with Crippen molar-refractivity contribution in [1.29, 1.82) is 0 Å². The minimum atomic E-state index is -0.606. The second-order valence-corrected chi connectivity index (χ2v) is 5.96. The van der Waals surface area contributed by atoms with Crippen LogP contribution in [0.25, 0.3) is 5.82 Å². The van der Waals surface area contributed by atoms with Crippen molar-refractivity contribution in [3.05, 3.63) is 38.0 Å². The van der Waals surface area contributed by atoms with Gasteiger partial charge in [-0.05, 0) is 32.5 Å². The molecule has 0 aliphatic carbocycles. The van der Waals surface area contributed by atoms with E-state index in [2.05, 4.69) is 5.10 Å². The first-order valence-corrected chi connectivity index (χ1v) is 7.07. The lowest BCUT2D eigenvalue weighted by Gasteiger charge is -2.26. The summed E-state index contributed by atoms with van der Waals surface area (Å²) in [4.78, 5) is 25.2. The van der Waals surface area contributed by atoms with Crippen LogP contribution >= 0.6 is 12.2 Å². The molecule has 0 aliphatic heterocycles. The van der Waals surface area contributed by atoms with E-state index in [4.69, 9.17) is 12.2 Å². The van der Waals surface area contributed by atoms with Crippen molar-refractivity contribution in [2.24, 2.45) is 14.1 Å². The van der Waals surface area contributed by atoms with E-state index < -0.39 is 16.9 Å². The highest BCUT2D eigenvalue weighted by atomic mass is 32.1. The lowest BCUT2D eigenvalue weighted by molar-refractivity contribution is 0.298. The molecule has 0 fully saturated rings. The molecule has 0 saturated carbocycles. The third-order valence-electron chi connectivity index (χ3n) is 3.74. The van der Waals surface area contributed by atoms with Crippen LogP contribution in [0.2, 0.25) is 0 Å². The minimum Gasteiger partial charge on any atom is -0.274 e. The predicted octanol–water partition coefficient (Wildman–Crippen LogP) is 0.946. The van der Waals surface area contributed by atoms with Crippen molar-refractivity contribution in [3.8, 4) is 5.82 Å². The van der Waals surface area contributed by atoms with Gasteiger partial charge in [0.05, 0.1) is 0 Å². The fraction of sp³-hybridized carbons (Fsp3) is 0.538. The Hall–Kier alpha value is -1.96. The van der Waals surface area contributed by atoms with Crippen LogP contribution in [0.5, 0.6) is 0 Å². The monoisotopic (exact) mass is 309 g/mol. The first-order chi connectivity index (χ1) is 9.70. The topological polar surface area (TPSA) is 66.8 Å². The molecule has 0 bridgehead atoms. The Morgan fingerprint density at radius 1 is 1.24 bits per heavy atom. The summed E-state index contributed by atoms with van der Waals surface area (Å²) in [6, 6.07) is 1.69. The molecule has 2 heterocycles. The number of rotatable bonds is 3. The van der Waals surface area contributed by atoms with Gasteiger partial charge in [-0.15, -0.1) is 0 Å². The van der Waals surface area contributed by atoms with Gasteiger partial charge in [0.25, 0.3) is 0 Å². The van der Waals surface area contributed by atoms with Crippen LogP contribution in [-0.4, -0.2) is 23.5 Å². The van der Waals surface area contributed by atoms with E-state index in [1.165, 1.54) is 13.7 Å². The molecule has 0 unspecified atom stereocenters. The number of hydrogen-bond donors (Lipinski definition) is 0. The Balaban J connectivity index is 2.95. The zero-order valence-electron chi connectivity index (χ0n) is 12.8. The largest absolute Gasteiger partial charge is 0.340 e. The van der Waals surface area contributed by atoms with E-state index in [1.807, 2.05) is 20.8 Å². The van der Waals surface area contributed by atoms with Crippen LogP contribution in [0, 0.1) is 4.77 Å². The molecule has 114 valence electrons. The average Bonchev–Trinajstić information content (AvgIpc) is 2.82. The van der Waals surface area contributed by atoms with Crippen molar-refractivity contribution < 1.29 is 0 Å². The number of aromatic nitrogens is 5. The Morgan fingerprint density at radius 2 is 1.86 bits per heavy atom. The smallest absolute Gasteiger partial charge is 0.274 e. The summed E-state index contributed by atoms with van der Waals surface area (Å²) in [6.07, 6.45) is 2.36. The van der Waals surface area contributed by atoms with Crippen LogP contribution in [-0.2, 0) is 19.6 Å². The molecule has 2 aromatic rings. The second-order valence-electron chi connectivity index (χ2n) is 5.59. The van der Waals surface area contributed by atoms with Gasteiger partial charge < -0.3 is 0 Å². The molecule has 0 radical (unpaired) electrons. The van der Waals surface area contributed by atoms with Gasteiger partial charge in [-0.3, -0.25) is 9.25 Å². The SMILES string of the molecule is CCC(C)(C)n1c(=O)n(C)c(=S)n(-c2ccn(C)n2)c1=O. The quantitative estimate of drug-likeness (QED) is 0.792. The molecule has 0 N–H and O–H groups in total. The highest BCUT2D eigenvalue weighted by Gasteiger charge is 2.25.